The quantitative estimate of drug-likeness (QED) is 0.653. The Morgan fingerprint density at radius 2 is 1.82 bits per heavy atom. The van der Waals surface area contributed by atoms with Gasteiger partial charge in [-0.1, -0.05) is 36.4 Å². The minimum atomic E-state index is -0.179. The van der Waals surface area contributed by atoms with Crippen molar-refractivity contribution in [3.63, 3.8) is 0 Å². The number of ether oxygens (including phenoxy) is 2. The van der Waals surface area contributed by atoms with Crippen LogP contribution in [0.25, 0.3) is 16.8 Å². The summed E-state index contributed by atoms with van der Waals surface area (Å²) in [6, 6.07) is 19.5. The number of carbonyl (C=O) groups is 1. The van der Waals surface area contributed by atoms with E-state index in [9.17, 15) is 4.79 Å². The van der Waals surface area contributed by atoms with Crippen LogP contribution in [0.5, 0.6) is 11.5 Å². The number of hydrogen-bond acceptors (Lipinski definition) is 5. The number of nitrogens with one attached hydrogen (secondary N) is 1. The maximum Gasteiger partial charge on any atom is 0.264 e. The highest BCUT2D eigenvalue weighted by molar-refractivity contribution is 8.18. The van der Waals surface area contributed by atoms with Crippen LogP contribution in [0.3, 0.4) is 0 Å². The first kappa shape index (κ1) is 18.1. The molecule has 6 heteroatoms. The summed E-state index contributed by atoms with van der Waals surface area (Å²) in [7, 11) is 3.19. The molecule has 4 rings (SSSR count). The van der Waals surface area contributed by atoms with Gasteiger partial charge in [-0.05, 0) is 41.4 Å². The van der Waals surface area contributed by atoms with Crippen molar-refractivity contribution in [3.05, 3.63) is 71.1 Å². The molecule has 1 saturated heterocycles. The molecule has 0 radical (unpaired) electrons. The number of amides is 1. The Labute approximate surface area is 167 Å². The van der Waals surface area contributed by atoms with E-state index < -0.39 is 0 Å². The molecule has 0 saturated carbocycles. The highest BCUT2D eigenvalue weighted by Crippen LogP contribution is 2.33. The molecule has 0 unspecified atom stereocenters. The van der Waals surface area contributed by atoms with Gasteiger partial charge in [-0.25, -0.2) is 4.99 Å². The Morgan fingerprint density at radius 1 is 1.00 bits per heavy atom. The third-order valence-corrected chi connectivity index (χ3v) is 5.28. The van der Waals surface area contributed by atoms with E-state index in [1.165, 1.54) is 11.8 Å². The Kier molecular flexibility index (Phi) is 5.04. The number of amidine groups is 1. The third kappa shape index (κ3) is 3.59. The predicted molar refractivity (Wildman–Crippen MR) is 114 cm³/mol. The van der Waals surface area contributed by atoms with Crippen molar-refractivity contribution in [2.45, 2.75) is 0 Å². The second-order valence-electron chi connectivity index (χ2n) is 6.09. The fourth-order valence-electron chi connectivity index (χ4n) is 2.97. The number of rotatable bonds is 4. The molecule has 28 heavy (non-hydrogen) atoms. The van der Waals surface area contributed by atoms with Gasteiger partial charge in [0.15, 0.2) is 5.17 Å². The molecule has 3 aromatic rings. The van der Waals surface area contributed by atoms with Crippen molar-refractivity contribution < 1.29 is 14.3 Å². The normalized spacial score (nSPS) is 16.6. The summed E-state index contributed by atoms with van der Waals surface area (Å²) in [5.74, 6) is 1.15. The van der Waals surface area contributed by atoms with Gasteiger partial charge < -0.3 is 14.8 Å². The van der Waals surface area contributed by atoms with Crippen LogP contribution in [-0.4, -0.2) is 25.3 Å². The maximum atomic E-state index is 12.4. The zero-order chi connectivity index (χ0) is 19.5. The molecule has 1 aliphatic rings. The molecule has 5 nitrogen and oxygen atoms in total. The van der Waals surface area contributed by atoms with Crippen molar-refractivity contribution in [2.24, 2.45) is 4.99 Å². The summed E-state index contributed by atoms with van der Waals surface area (Å²) in [5, 5.41) is 5.55. The summed E-state index contributed by atoms with van der Waals surface area (Å²) in [5.41, 5.74) is 1.62. The van der Waals surface area contributed by atoms with Crippen molar-refractivity contribution in [1.29, 1.82) is 0 Å². The zero-order valence-corrected chi connectivity index (χ0v) is 16.2. The number of hydrogen-bond donors (Lipinski definition) is 1. The first-order chi connectivity index (χ1) is 13.7. The lowest BCUT2D eigenvalue weighted by Gasteiger charge is -2.07. The number of methoxy groups -OCH3 is 2. The number of fused-ring (bicyclic) bond motifs is 1. The summed E-state index contributed by atoms with van der Waals surface area (Å²) >= 11 is 1.31. The molecule has 1 heterocycles. The second-order valence-corrected chi connectivity index (χ2v) is 7.12. The lowest BCUT2D eigenvalue weighted by atomic mass is 10.1. The van der Waals surface area contributed by atoms with Gasteiger partial charge in [0.2, 0.25) is 0 Å². The minimum absolute atomic E-state index is 0.179. The van der Waals surface area contributed by atoms with E-state index in [1.54, 1.807) is 26.4 Å². The largest absolute Gasteiger partial charge is 0.497 e. The molecule has 0 aliphatic carbocycles. The fourth-order valence-corrected chi connectivity index (χ4v) is 3.80. The van der Waals surface area contributed by atoms with Crippen molar-refractivity contribution in [3.8, 4) is 11.5 Å². The molecule has 3 aromatic carbocycles. The van der Waals surface area contributed by atoms with E-state index in [0.717, 1.165) is 22.0 Å². The van der Waals surface area contributed by atoms with E-state index in [1.807, 2.05) is 54.6 Å². The van der Waals surface area contributed by atoms with E-state index in [4.69, 9.17) is 9.47 Å². The first-order valence-electron chi connectivity index (χ1n) is 8.67. The number of nitrogens with zero attached hydrogens (tertiary/aromatic N) is 1. The van der Waals surface area contributed by atoms with Crippen LogP contribution in [0, 0.1) is 0 Å². The molecule has 0 spiro atoms. The van der Waals surface area contributed by atoms with Gasteiger partial charge in [0.05, 0.1) is 24.8 Å². The topological polar surface area (TPSA) is 59.9 Å². The third-order valence-electron chi connectivity index (χ3n) is 4.37. The molecule has 0 atom stereocenters. The Bertz CT molecular complexity index is 1120. The number of aliphatic imine (C=N–C) groups is 1. The monoisotopic (exact) mass is 390 g/mol. The van der Waals surface area contributed by atoms with Gasteiger partial charge in [0.25, 0.3) is 5.91 Å². The second kappa shape index (κ2) is 7.78. The molecule has 1 fully saturated rings. The SMILES string of the molecule is COc1ccc(/C=C2/SC(=Nc3cccc4ccccc34)NC2=O)c(OC)c1. The van der Waals surface area contributed by atoms with E-state index in [2.05, 4.69) is 10.3 Å². The van der Waals surface area contributed by atoms with Crippen LogP contribution in [-0.2, 0) is 4.79 Å². The highest BCUT2D eigenvalue weighted by Gasteiger charge is 2.24. The molecular formula is C22H18N2O3S. The Morgan fingerprint density at radius 3 is 2.64 bits per heavy atom. The lowest BCUT2D eigenvalue weighted by molar-refractivity contribution is -0.115. The molecule has 140 valence electrons. The van der Waals surface area contributed by atoms with Crippen LogP contribution in [0.15, 0.2) is 70.6 Å². The van der Waals surface area contributed by atoms with Crippen molar-refractivity contribution in [2.75, 3.05) is 14.2 Å². The molecule has 0 bridgehead atoms. The molecule has 1 aliphatic heterocycles. The highest BCUT2D eigenvalue weighted by atomic mass is 32.2. The molecule has 1 amide bonds. The lowest BCUT2D eigenvalue weighted by Crippen LogP contribution is -2.19. The fraction of sp³-hybridized carbons (Fsp3) is 0.0909. The van der Waals surface area contributed by atoms with Crippen LogP contribution in [0.2, 0.25) is 0 Å². The smallest absolute Gasteiger partial charge is 0.264 e. The van der Waals surface area contributed by atoms with Crippen LogP contribution >= 0.6 is 11.8 Å². The molecular weight excluding hydrogens is 372 g/mol. The maximum absolute atomic E-state index is 12.4. The van der Waals surface area contributed by atoms with Gasteiger partial charge in [0, 0.05) is 17.0 Å². The predicted octanol–water partition coefficient (Wildman–Crippen LogP) is 4.75. The Balaban J connectivity index is 1.66. The van der Waals surface area contributed by atoms with Gasteiger partial charge >= 0.3 is 0 Å². The van der Waals surface area contributed by atoms with Crippen molar-refractivity contribution >= 4 is 45.4 Å². The summed E-state index contributed by atoms with van der Waals surface area (Å²) < 4.78 is 10.6. The van der Waals surface area contributed by atoms with Gasteiger partial charge in [0.1, 0.15) is 11.5 Å². The van der Waals surface area contributed by atoms with E-state index in [0.29, 0.717) is 21.6 Å². The van der Waals surface area contributed by atoms with E-state index in [-0.39, 0.29) is 5.91 Å². The van der Waals surface area contributed by atoms with Gasteiger partial charge in [-0.2, -0.15) is 0 Å². The van der Waals surface area contributed by atoms with Gasteiger partial charge in [-0.3, -0.25) is 4.79 Å². The molecule has 1 N–H and O–H groups in total. The Hall–Kier alpha value is -3.25. The number of thioether (sulfide) groups is 1. The molecule has 0 aromatic heterocycles. The average molecular weight is 390 g/mol. The van der Waals surface area contributed by atoms with Crippen LogP contribution in [0.4, 0.5) is 5.69 Å². The minimum Gasteiger partial charge on any atom is -0.497 e. The van der Waals surface area contributed by atoms with Crippen LogP contribution < -0.4 is 14.8 Å². The van der Waals surface area contributed by atoms with Crippen molar-refractivity contribution in [1.82, 2.24) is 5.32 Å². The van der Waals surface area contributed by atoms with Crippen LogP contribution in [0.1, 0.15) is 5.56 Å². The number of benzene rings is 3. The standard InChI is InChI=1S/C22H18N2O3S/c1-26-16-11-10-15(19(13-16)27-2)12-20-21(25)24-22(28-20)23-18-9-5-7-14-6-3-4-8-17(14)18/h3-13H,1-2H3,(H,23,24,25)/b20-12+. The summed E-state index contributed by atoms with van der Waals surface area (Å²) in [4.78, 5) is 17.6. The van der Waals surface area contributed by atoms with E-state index >= 15 is 0 Å². The number of carbonyl (C=O) groups excluding carboxylic acids is 1. The zero-order valence-electron chi connectivity index (χ0n) is 15.4. The summed E-state index contributed by atoms with van der Waals surface area (Å²) in [6.07, 6.45) is 1.80. The van der Waals surface area contributed by atoms with Gasteiger partial charge in [-0.15, -0.1) is 0 Å². The average Bonchev–Trinajstić information content (AvgIpc) is 3.07. The summed E-state index contributed by atoms with van der Waals surface area (Å²) in [6.45, 7) is 0. The first-order valence-corrected chi connectivity index (χ1v) is 9.49.